The van der Waals surface area contributed by atoms with E-state index >= 15 is 4.39 Å². The van der Waals surface area contributed by atoms with Crippen molar-refractivity contribution in [2.45, 2.75) is 31.6 Å². The van der Waals surface area contributed by atoms with Crippen LogP contribution < -0.4 is 15.0 Å². The van der Waals surface area contributed by atoms with Crippen LogP contribution >= 0.6 is 0 Å². The minimum absolute atomic E-state index is 0.0259. The van der Waals surface area contributed by atoms with Crippen molar-refractivity contribution >= 4 is 23.2 Å². The summed E-state index contributed by atoms with van der Waals surface area (Å²) in [5.41, 5.74) is 1.37. The van der Waals surface area contributed by atoms with Crippen molar-refractivity contribution < 1.29 is 22.7 Å². The second-order valence-corrected chi connectivity index (χ2v) is 10.2. The normalized spacial score (nSPS) is 18.2. The van der Waals surface area contributed by atoms with Crippen molar-refractivity contribution in [3.8, 4) is 17.0 Å². The van der Waals surface area contributed by atoms with Gasteiger partial charge in [0.15, 0.2) is 17.4 Å². The zero-order valence-corrected chi connectivity index (χ0v) is 21.0. The Morgan fingerprint density at radius 3 is 2.53 bits per heavy atom. The summed E-state index contributed by atoms with van der Waals surface area (Å²) in [4.78, 5) is 24.8. The summed E-state index contributed by atoms with van der Waals surface area (Å²) in [6.45, 7) is 2.34. The first-order valence-electron chi connectivity index (χ1n) is 12.9. The fraction of sp³-hybridized carbons (Fsp3) is 0.393. The Bertz CT molecular complexity index is 1390. The molecule has 38 heavy (non-hydrogen) atoms. The molecule has 1 amide bonds. The average Bonchev–Trinajstić information content (AvgIpc) is 3.76. The van der Waals surface area contributed by atoms with Crippen LogP contribution in [-0.2, 0) is 4.79 Å². The van der Waals surface area contributed by atoms with Gasteiger partial charge in [0.1, 0.15) is 18.1 Å². The SMILES string of the molecule is CN1CCC(c2ccc(Nc3ncc(F)c(-c4cc(F)c5c(c4)N(C(=O)C4CC4)CCO5)n3)cc2F)CC1. The van der Waals surface area contributed by atoms with E-state index in [-0.39, 0.29) is 58.8 Å². The topological polar surface area (TPSA) is 70.6 Å². The number of rotatable bonds is 5. The monoisotopic (exact) mass is 523 g/mol. The van der Waals surface area contributed by atoms with Gasteiger partial charge < -0.3 is 19.9 Å². The van der Waals surface area contributed by atoms with Crippen LogP contribution in [0.3, 0.4) is 0 Å². The van der Waals surface area contributed by atoms with E-state index in [9.17, 15) is 13.6 Å². The largest absolute Gasteiger partial charge is 0.486 e. The van der Waals surface area contributed by atoms with E-state index in [4.69, 9.17) is 4.74 Å². The number of likely N-dealkylation sites (tertiary alicyclic amines) is 1. The van der Waals surface area contributed by atoms with E-state index < -0.39 is 11.6 Å². The first kappa shape index (κ1) is 24.7. The zero-order valence-electron chi connectivity index (χ0n) is 21.0. The molecule has 7 nitrogen and oxygen atoms in total. The predicted molar refractivity (Wildman–Crippen MR) is 137 cm³/mol. The molecule has 198 valence electrons. The van der Waals surface area contributed by atoms with Gasteiger partial charge in [-0.15, -0.1) is 0 Å². The van der Waals surface area contributed by atoms with E-state index in [0.29, 0.717) is 17.8 Å². The summed E-state index contributed by atoms with van der Waals surface area (Å²) in [6.07, 6.45) is 4.40. The van der Waals surface area contributed by atoms with Gasteiger partial charge in [-0.25, -0.2) is 23.1 Å². The Kier molecular flexibility index (Phi) is 6.43. The first-order chi connectivity index (χ1) is 18.4. The molecule has 1 aromatic heterocycles. The number of hydrogen-bond acceptors (Lipinski definition) is 6. The van der Waals surface area contributed by atoms with E-state index in [2.05, 4.69) is 27.2 Å². The van der Waals surface area contributed by atoms with Crippen molar-refractivity contribution in [1.29, 1.82) is 0 Å². The molecular weight excluding hydrogens is 495 g/mol. The van der Waals surface area contributed by atoms with Gasteiger partial charge in [0.05, 0.1) is 18.4 Å². The Morgan fingerprint density at radius 1 is 1.00 bits per heavy atom. The maximum atomic E-state index is 15.0. The van der Waals surface area contributed by atoms with Crippen LogP contribution in [0.25, 0.3) is 11.3 Å². The summed E-state index contributed by atoms with van der Waals surface area (Å²) >= 11 is 0. The van der Waals surface area contributed by atoms with Gasteiger partial charge in [-0.3, -0.25) is 4.79 Å². The molecule has 2 aliphatic heterocycles. The molecule has 0 bridgehead atoms. The van der Waals surface area contributed by atoms with Crippen LogP contribution in [0, 0.1) is 23.4 Å². The Balaban J connectivity index is 1.27. The summed E-state index contributed by atoms with van der Waals surface area (Å²) < 4.78 is 50.3. The smallest absolute Gasteiger partial charge is 0.230 e. The average molecular weight is 524 g/mol. The predicted octanol–water partition coefficient (Wildman–Crippen LogP) is 5.25. The maximum Gasteiger partial charge on any atom is 0.230 e. The number of benzene rings is 2. The van der Waals surface area contributed by atoms with E-state index in [0.717, 1.165) is 51.0 Å². The lowest BCUT2D eigenvalue weighted by Crippen LogP contribution is -2.39. The number of anilines is 3. The van der Waals surface area contributed by atoms with Gasteiger partial charge in [-0.05, 0) is 81.6 Å². The van der Waals surface area contributed by atoms with Crippen LogP contribution in [0.1, 0.15) is 37.2 Å². The van der Waals surface area contributed by atoms with E-state index in [1.54, 1.807) is 12.1 Å². The van der Waals surface area contributed by atoms with Gasteiger partial charge in [0.2, 0.25) is 11.9 Å². The summed E-state index contributed by atoms with van der Waals surface area (Å²) in [5, 5.41) is 2.93. The summed E-state index contributed by atoms with van der Waals surface area (Å²) in [7, 11) is 2.06. The number of nitrogens with one attached hydrogen (secondary N) is 1. The number of carbonyl (C=O) groups is 1. The molecule has 10 heteroatoms. The standard InChI is InChI=1S/C28H28F3N5O2/c1-35-8-6-16(7-9-35)20-5-4-19(14-21(20)29)33-28-32-15-23(31)25(34-28)18-12-22(30)26-24(13-18)36(10-11-38-26)27(37)17-2-3-17/h4-5,12-17H,2-3,6-11H2,1H3,(H,32,33,34). The second kappa shape index (κ2) is 9.90. The van der Waals surface area contributed by atoms with Gasteiger partial charge in [-0.1, -0.05) is 6.07 Å². The third-order valence-electron chi connectivity index (χ3n) is 7.50. The van der Waals surface area contributed by atoms with Crippen molar-refractivity contribution in [3.05, 3.63) is 59.5 Å². The van der Waals surface area contributed by atoms with Crippen molar-refractivity contribution in [3.63, 3.8) is 0 Å². The second-order valence-electron chi connectivity index (χ2n) is 10.2. The third kappa shape index (κ3) is 4.80. The fourth-order valence-corrected chi connectivity index (χ4v) is 5.21. The molecule has 0 unspecified atom stereocenters. The molecule has 1 saturated carbocycles. The molecule has 2 fully saturated rings. The minimum Gasteiger partial charge on any atom is -0.486 e. The lowest BCUT2D eigenvalue weighted by atomic mass is 9.89. The summed E-state index contributed by atoms with van der Waals surface area (Å²) in [5.74, 6) is -1.74. The first-order valence-corrected chi connectivity index (χ1v) is 12.9. The van der Waals surface area contributed by atoms with Crippen LogP contribution in [0.2, 0.25) is 0 Å². The van der Waals surface area contributed by atoms with E-state index in [1.165, 1.54) is 17.0 Å². The Hall–Kier alpha value is -3.66. The van der Waals surface area contributed by atoms with Gasteiger partial charge in [0, 0.05) is 17.2 Å². The highest BCUT2D eigenvalue weighted by molar-refractivity contribution is 5.98. The number of halogens is 3. The minimum atomic E-state index is -0.754. The number of nitrogens with zero attached hydrogens (tertiary/aromatic N) is 4. The lowest BCUT2D eigenvalue weighted by Gasteiger charge is -2.30. The molecule has 3 heterocycles. The summed E-state index contributed by atoms with van der Waals surface area (Å²) in [6, 6.07) is 7.55. The molecule has 1 saturated heterocycles. The highest BCUT2D eigenvalue weighted by Gasteiger charge is 2.37. The number of carbonyl (C=O) groups excluding carboxylic acids is 1. The molecule has 0 spiro atoms. The molecule has 6 rings (SSSR count). The quantitative estimate of drug-likeness (QED) is 0.493. The van der Waals surface area contributed by atoms with Crippen LogP contribution in [0.4, 0.5) is 30.5 Å². The fourth-order valence-electron chi connectivity index (χ4n) is 5.21. The highest BCUT2D eigenvalue weighted by Crippen LogP contribution is 2.41. The molecular formula is C28H28F3N5O2. The molecule has 2 aromatic carbocycles. The number of amides is 1. The van der Waals surface area contributed by atoms with Gasteiger partial charge in [0.25, 0.3) is 0 Å². The van der Waals surface area contributed by atoms with Crippen molar-refractivity contribution in [1.82, 2.24) is 14.9 Å². The molecule has 0 atom stereocenters. The van der Waals surface area contributed by atoms with Gasteiger partial charge in [-0.2, -0.15) is 0 Å². The number of piperidine rings is 1. The maximum absolute atomic E-state index is 15.0. The molecule has 1 N–H and O–H groups in total. The van der Waals surface area contributed by atoms with Gasteiger partial charge >= 0.3 is 0 Å². The number of ether oxygens (including phenoxy) is 1. The number of aromatic nitrogens is 2. The van der Waals surface area contributed by atoms with Crippen LogP contribution in [0.5, 0.6) is 5.75 Å². The van der Waals surface area contributed by atoms with Crippen LogP contribution in [0.15, 0.2) is 36.5 Å². The molecule has 1 aliphatic carbocycles. The van der Waals surface area contributed by atoms with E-state index in [1.807, 2.05) is 0 Å². The van der Waals surface area contributed by atoms with Crippen molar-refractivity contribution in [2.24, 2.45) is 5.92 Å². The third-order valence-corrected chi connectivity index (χ3v) is 7.50. The number of hydrogen-bond donors (Lipinski definition) is 1. The Labute approximate surface area is 218 Å². The molecule has 0 radical (unpaired) electrons. The highest BCUT2D eigenvalue weighted by atomic mass is 19.1. The lowest BCUT2D eigenvalue weighted by molar-refractivity contribution is -0.120. The Morgan fingerprint density at radius 2 is 1.79 bits per heavy atom. The number of fused-ring (bicyclic) bond motifs is 1. The van der Waals surface area contributed by atoms with Crippen LogP contribution in [-0.4, -0.2) is 54.1 Å². The molecule has 3 aliphatic rings. The van der Waals surface area contributed by atoms with Crippen molar-refractivity contribution in [2.75, 3.05) is 43.5 Å². The molecule has 3 aromatic rings. The zero-order chi connectivity index (χ0) is 26.4.